The number of aromatic nitrogens is 1. The molecule has 0 saturated heterocycles. The smallest absolute Gasteiger partial charge is 0.258 e. The lowest BCUT2D eigenvalue weighted by molar-refractivity contribution is 0.0993. The fraction of sp³-hybridized carbons (Fsp3) is 0.250. The van der Waals surface area contributed by atoms with Crippen molar-refractivity contribution in [2.45, 2.75) is 37.6 Å². The quantitative estimate of drug-likeness (QED) is 0.629. The first-order valence-corrected chi connectivity index (χ1v) is 11.4. The summed E-state index contributed by atoms with van der Waals surface area (Å²) in [6, 6.07) is 17.4. The third-order valence-corrected chi connectivity index (χ3v) is 6.45. The van der Waals surface area contributed by atoms with E-state index in [1.54, 1.807) is 61.9 Å². The maximum absolute atomic E-state index is 12.6. The van der Waals surface area contributed by atoms with Gasteiger partial charge in [-0.25, -0.2) is 13.1 Å². The highest BCUT2D eigenvalue weighted by atomic mass is 32.2. The molecule has 1 N–H and O–H groups in total. The van der Waals surface area contributed by atoms with Crippen molar-refractivity contribution in [3.05, 3.63) is 89.7 Å². The van der Waals surface area contributed by atoms with Gasteiger partial charge < -0.3 is 4.90 Å². The maximum atomic E-state index is 12.6. The molecule has 6 nitrogen and oxygen atoms in total. The second-order valence-corrected chi connectivity index (χ2v) is 10.1. The summed E-state index contributed by atoms with van der Waals surface area (Å²) in [5, 5.41) is 0. The Morgan fingerprint density at radius 1 is 1.00 bits per heavy atom. The lowest BCUT2D eigenvalue weighted by Crippen LogP contribution is -2.26. The summed E-state index contributed by atoms with van der Waals surface area (Å²) < 4.78 is 27.8. The second kappa shape index (κ2) is 8.99. The molecule has 3 rings (SSSR count). The molecule has 3 aromatic rings. The molecule has 0 aliphatic heterocycles. The molecule has 162 valence electrons. The van der Waals surface area contributed by atoms with Gasteiger partial charge in [0.1, 0.15) is 0 Å². The number of hydrogen-bond donors (Lipinski definition) is 1. The molecular weight excluding hydrogens is 410 g/mol. The first-order chi connectivity index (χ1) is 14.6. The first kappa shape index (κ1) is 22.7. The van der Waals surface area contributed by atoms with Gasteiger partial charge in [-0.1, -0.05) is 45.0 Å². The van der Waals surface area contributed by atoms with Gasteiger partial charge in [0.15, 0.2) is 0 Å². The fourth-order valence-electron chi connectivity index (χ4n) is 3.02. The molecule has 0 radical (unpaired) electrons. The standard InChI is InChI=1S/C24H27N3O3S/c1-24(2,3)20-11-13-22(14-12-20)31(29,30)26-16-18-7-9-19(10-8-18)23(28)27(4)21-6-5-15-25-17-21/h5-15,17,26H,16H2,1-4H3. The number of sulfonamides is 1. The van der Waals surface area contributed by atoms with Gasteiger partial charge in [0, 0.05) is 25.4 Å². The van der Waals surface area contributed by atoms with Crippen LogP contribution in [-0.4, -0.2) is 26.4 Å². The van der Waals surface area contributed by atoms with Gasteiger partial charge in [0.05, 0.1) is 16.8 Å². The number of pyridine rings is 1. The summed E-state index contributed by atoms with van der Waals surface area (Å²) >= 11 is 0. The number of carbonyl (C=O) groups is 1. The number of rotatable bonds is 6. The number of nitrogens with zero attached hydrogens (tertiary/aromatic N) is 2. The largest absolute Gasteiger partial charge is 0.310 e. The number of nitrogens with one attached hydrogen (secondary N) is 1. The van der Waals surface area contributed by atoms with Crippen LogP contribution in [-0.2, 0) is 22.0 Å². The van der Waals surface area contributed by atoms with Crippen LogP contribution < -0.4 is 9.62 Å². The minimum absolute atomic E-state index is 0.0417. The van der Waals surface area contributed by atoms with Crippen molar-refractivity contribution in [2.75, 3.05) is 11.9 Å². The van der Waals surface area contributed by atoms with Crippen LogP contribution in [0.15, 0.2) is 78.0 Å². The monoisotopic (exact) mass is 437 g/mol. The van der Waals surface area contributed by atoms with Crippen LogP contribution in [0.4, 0.5) is 5.69 Å². The SMILES string of the molecule is CN(C(=O)c1ccc(CNS(=O)(=O)c2ccc(C(C)(C)C)cc2)cc1)c1cccnc1. The van der Waals surface area contributed by atoms with Gasteiger partial charge in [0.25, 0.3) is 5.91 Å². The molecule has 1 amide bonds. The van der Waals surface area contributed by atoms with Crippen LogP contribution in [0, 0.1) is 0 Å². The number of hydrogen-bond acceptors (Lipinski definition) is 4. The minimum Gasteiger partial charge on any atom is -0.310 e. The van der Waals surface area contributed by atoms with E-state index in [0.29, 0.717) is 11.3 Å². The lowest BCUT2D eigenvalue weighted by atomic mass is 9.87. The zero-order valence-corrected chi connectivity index (χ0v) is 19.0. The van der Waals surface area contributed by atoms with Gasteiger partial charge in [0.2, 0.25) is 10.0 Å². The second-order valence-electron chi connectivity index (χ2n) is 8.37. The van der Waals surface area contributed by atoms with Crippen LogP contribution >= 0.6 is 0 Å². The highest BCUT2D eigenvalue weighted by Gasteiger charge is 2.18. The van der Waals surface area contributed by atoms with E-state index in [1.165, 1.54) is 4.90 Å². The number of amides is 1. The molecule has 1 aromatic heterocycles. The summed E-state index contributed by atoms with van der Waals surface area (Å²) in [4.78, 5) is 18.4. The van der Waals surface area contributed by atoms with Crippen LogP contribution in [0.1, 0.15) is 42.3 Å². The Morgan fingerprint density at radius 2 is 1.65 bits per heavy atom. The van der Waals surface area contributed by atoms with E-state index in [-0.39, 0.29) is 22.8 Å². The van der Waals surface area contributed by atoms with E-state index in [1.807, 2.05) is 18.2 Å². The first-order valence-electron chi connectivity index (χ1n) is 9.95. The van der Waals surface area contributed by atoms with Crippen molar-refractivity contribution in [1.29, 1.82) is 0 Å². The van der Waals surface area contributed by atoms with Crippen molar-refractivity contribution in [2.24, 2.45) is 0 Å². The Kier molecular flexibility index (Phi) is 6.57. The Bertz CT molecular complexity index is 1140. The molecule has 0 aliphatic rings. The Morgan fingerprint density at radius 3 is 2.19 bits per heavy atom. The lowest BCUT2D eigenvalue weighted by Gasteiger charge is -2.19. The zero-order chi connectivity index (χ0) is 22.6. The highest BCUT2D eigenvalue weighted by Crippen LogP contribution is 2.23. The summed E-state index contributed by atoms with van der Waals surface area (Å²) in [5.74, 6) is -0.168. The Labute approximate surface area is 184 Å². The molecule has 1 heterocycles. The van der Waals surface area contributed by atoms with Crippen molar-refractivity contribution in [3.8, 4) is 0 Å². The third kappa shape index (κ3) is 5.57. The van der Waals surface area contributed by atoms with Gasteiger partial charge in [-0.2, -0.15) is 0 Å². The van der Waals surface area contributed by atoms with Gasteiger partial charge in [-0.3, -0.25) is 9.78 Å². The fourth-order valence-corrected chi connectivity index (χ4v) is 4.04. The predicted molar refractivity (Wildman–Crippen MR) is 123 cm³/mol. The van der Waals surface area contributed by atoms with E-state index in [9.17, 15) is 13.2 Å². The summed E-state index contributed by atoms with van der Waals surface area (Å²) in [6.07, 6.45) is 3.27. The van der Waals surface area contributed by atoms with E-state index in [4.69, 9.17) is 0 Å². The molecule has 0 unspecified atom stereocenters. The normalized spacial score (nSPS) is 11.9. The molecule has 0 fully saturated rings. The molecule has 7 heteroatoms. The van der Waals surface area contributed by atoms with Crippen LogP contribution in [0.2, 0.25) is 0 Å². The van der Waals surface area contributed by atoms with Crippen LogP contribution in [0.5, 0.6) is 0 Å². The van der Waals surface area contributed by atoms with Gasteiger partial charge >= 0.3 is 0 Å². The average Bonchev–Trinajstić information content (AvgIpc) is 2.77. The number of carbonyl (C=O) groups excluding carboxylic acids is 1. The van der Waals surface area contributed by atoms with E-state index < -0.39 is 10.0 Å². The van der Waals surface area contributed by atoms with E-state index >= 15 is 0 Å². The molecule has 0 atom stereocenters. The van der Waals surface area contributed by atoms with Crippen LogP contribution in [0.25, 0.3) is 0 Å². The van der Waals surface area contributed by atoms with Gasteiger partial charge in [-0.15, -0.1) is 0 Å². The van der Waals surface area contributed by atoms with Crippen LogP contribution in [0.3, 0.4) is 0 Å². The zero-order valence-electron chi connectivity index (χ0n) is 18.2. The molecular formula is C24H27N3O3S. The summed E-state index contributed by atoms with van der Waals surface area (Å²) in [5.41, 5.74) is 3.00. The molecule has 0 saturated carbocycles. The van der Waals surface area contributed by atoms with Crippen molar-refractivity contribution >= 4 is 21.6 Å². The molecule has 2 aromatic carbocycles. The average molecular weight is 438 g/mol. The summed E-state index contributed by atoms with van der Waals surface area (Å²) in [7, 11) is -1.94. The van der Waals surface area contributed by atoms with Crippen molar-refractivity contribution < 1.29 is 13.2 Å². The van der Waals surface area contributed by atoms with Crippen molar-refractivity contribution in [3.63, 3.8) is 0 Å². The Hall–Kier alpha value is -3.03. The minimum atomic E-state index is -3.63. The molecule has 0 bridgehead atoms. The van der Waals surface area contributed by atoms with E-state index in [0.717, 1.165) is 11.1 Å². The number of anilines is 1. The number of benzene rings is 2. The maximum Gasteiger partial charge on any atom is 0.258 e. The topological polar surface area (TPSA) is 79.4 Å². The molecule has 0 aliphatic carbocycles. The highest BCUT2D eigenvalue weighted by molar-refractivity contribution is 7.89. The molecule has 0 spiro atoms. The third-order valence-electron chi connectivity index (χ3n) is 5.04. The molecule has 31 heavy (non-hydrogen) atoms. The Balaban J connectivity index is 1.65. The summed E-state index contributed by atoms with van der Waals surface area (Å²) in [6.45, 7) is 6.38. The van der Waals surface area contributed by atoms with Crippen molar-refractivity contribution in [1.82, 2.24) is 9.71 Å². The van der Waals surface area contributed by atoms with Gasteiger partial charge in [-0.05, 0) is 52.9 Å². The van der Waals surface area contributed by atoms with E-state index in [2.05, 4.69) is 30.5 Å². The predicted octanol–water partition coefficient (Wildman–Crippen LogP) is 4.13.